The van der Waals surface area contributed by atoms with Crippen molar-refractivity contribution >= 4 is 40.1 Å². The number of rotatable bonds is 10. The van der Waals surface area contributed by atoms with Crippen LogP contribution in [0, 0.1) is 12.8 Å². The Labute approximate surface area is 241 Å². The van der Waals surface area contributed by atoms with Crippen molar-refractivity contribution < 1.29 is 23.9 Å². The molecule has 2 aliphatic rings. The maximum Gasteiger partial charge on any atom is 0.304 e. The summed E-state index contributed by atoms with van der Waals surface area (Å²) in [4.78, 5) is 50.5. The van der Waals surface area contributed by atoms with Crippen molar-refractivity contribution in [3.05, 3.63) is 71.6 Å². The zero-order valence-corrected chi connectivity index (χ0v) is 23.5. The number of carbonyl (C=O) groups excluding carboxylic acids is 2. The van der Waals surface area contributed by atoms with Gasteiger partial charge in [0.05, 0.1) is 18.0 Å². The van der Waals surface area contributed by atoms with E-state index in [2.05, 4.69) is 4.98 Å². The molecule has 1 saturated heterocycles. The fourth-order valence-corrected chi connectivity index (χ4v) is 6.21. The second kappa shape index (κ2) is 11.3. The van der Waals surface area contributed by atoms with Gasteiger partial charge in [0.25, 0.3) is 0 Å². The smallest absolute Gasteiger partial charge is 0.304 e. The number of carbonyl (C=O) groups is 3. The lowest BCUT2D eigenvalue weighted by molar-refractivity contribution is -0.140. The topological polar surface area (TPSA) is 117 Å². The number of thiazole rings is 1. The number of hydrogen-bond acceptors (Lipinski definition) is 7. The number of hydrogen-bond donors (Lipinski definition) is 1. The van der Waals surface area contributed by atoms with Gasteiger partial charge in [-0.25, -0.2) is 9.97 Å². The highest BCUT2D eigenvalue weighted by molar-refractivity contribution is 7.14. The molecule has 0 radical (unpaired) electrons. The SMILES string of the molecule is Cc1ccc(C[C@H](CC(=O)O)C(=O)N(c2nc(-c3ccccc3-c3ccc(N4CCCC4=O)nc3)cs2)C2CC2)o1. The lowest BCUT2D eigenvalue weighted by Crippen LogP contribution is -2.39. The Balaban J connectivity index is 1.27. The Morgan fingerprint density at radius 1 is 1.15 bits per heavy atom. The summed E-state index contributed by atoms with van der Waals surface area (Å²) in [5, 5.41) is 12.1. The van der Waals surface area contributed by atoms with E-state index in [4.69, 9.17) is 9.40 Å². The van der Waals surface area contributed by atoms with E-state index < -0.39 is 11.9 Å². The van der Waals surface area contributed by atoms with E-state index in [9.17, 15) is 19.5 Å². The minimum absolute atomic E-state index is 0.0106. The number of carboxylic acid groups (broad SMARTS) is 1. The predicted molar refractivity (Wildman–Crippen MR) is 156 cm³/mol. The molecule has 9 nitrogen and oxygen atoms in total. The molecule has 2 amide bonds. The Kier molecular flexibility index (Phi) is 7.40. The fraction of sp³-hybridized carbons (Fsp3) is 0.323. The van der Waals surface area contributed by atoms with Gasteiger partial charge in [-0.2, -0.15) is 0 Å². The molecule has 3 aromatic heterocycles. The number of anilines is 2. The molecule has 1 aliphatic carbocycles. The van der Waals surface area contributed by atoms with E-state index in [-0.39, 0.29) is 30.7 Å². The van der Waals surface area contributed by atoms with Gasteiger partial charge in [-0.15, -0.1) is 11.3 Å². The lowest BCUT2D eigenvalue weighted by atomic mass is 9.98. The van der Waals surface area contributed by atoms with E-state index in [1.54, 1.807) is 22.1 Å². The first-order chi connectivity index (χ1) is 19.9. The molecule has 0 spiro atoms. The van der Waals surface area contributed by atoms with Gasteiger partial charge in [-0.05, 0) is 56.0 Å². The molecule has 4 aromatic rings. The summed E-state index contributed by atoms with van der Waals surface area (Å²) in [7, 11) is 0. The van der Waals surface area contributed by atoms with Crippen LogP contribution in [0.3, 0.4) is 0 Å². The number of aliphatic carboxylic acids is 1. The Morgan fingerprint density at radius 2 is 1.95 bits per heavy atom. The quantitative estimate of drug-likeness (QED) is 0.259. The van der Waals surface area contributed by atoms with Crippen molar-refractivity contribution in [3.63, 3.8) is 0 Å². The molecule has 10 heteroatoms. The van der Waals surface area contributed by atoms with E-state index in [1.165, 1.54) is 11.3 Å². The van der Waals surface area contributed by atoms with E-state index in [0.29, 0.717) is 29.7 Å². The van der Waals surface area contributed by atoms with Crippen molar-refractivity contribution in [2.45, 2.75) is 51.5 Å². The summed E-state index contributed by atoms with van der Waals surface area (Å²) in [6.45, 7) is 2.51. The second-order valence-electron chi connectivity index (χ2n) is 10.6. The molecule has 1 saturated carbocycles. The molecule has 1 aliphatic heterocycles. The Hall–Kier alpha value is -4.31. The maximum atomic E-state index is 13.8. The number of amides is 2. The van der Waals surface area contributed by atoms with Crippen molar-refractivity contribution in [2.75, 3.05) is 16.3 Å². The van der Waals surface area contributed by atoms with Crippen LogP contribution >= 0.6 is 11.3 Å². The monoisotopic (exact) mass is 570 g/mol. The highest BCUT2D eigenvalue weighted by Gasteiger charge is 2.39. The molecule has 1 atom stereocenters. The van der Waals surface area contributed by atoms with Crippen LogP contribution in [-0.2, 0) is 20.8 Å². The Bertz CT molecular complexity index is 1590. The molecule has 0 bridgehead atoms. The third kappa shape index (κ3) is 5.78. The van der Waals surface area contributed by atoms with Gasteiger partial charge in [0.1, 0.15) is 17.3 Å². The molecule has 4 heterocycles. The molecular formula is C31H30N4O5S. The average Bonchev–Trinajstić information content (AvgIpc) is 3.29. The predicted octanol–water partition coefficient (Wildman–Crippen LogP) is 5.73. The van der Waals surface area contributed by atoms with Gasteiger partial charge in [0, 0.05) is 48.1 Å². The zero-order chi connectivity index (χ0) is 28.5. The molecule has 1 N–H and O–H groups in total. The number of aryl methyl sites for hydroxylation is 1. The van der Waals surface area contributed by atoms with E-state index in [1.807, 2.05) is 54.8 Å². The maximum absolute atomic E-state index is 13.8. The standard InChI is InChI=1S/C31H30N4O5S/c1-19-8-12-23(40-19)15-21(16-29(37)38)30(39)35(22-10-11-22)31-33-26(18-41-31)25-6-3-2-5-24(25)20-9-13-27(32-17-20)34-14-4-7-28(34)36/h2-3,5-6,8-9,12-13,17-18,21-22H,4,7,10-11,14-16H2,1H3,(H,37,38)/t21-/m1/s1. The van der Waals surface area contributed by atoms with Crippen molar-refractivity contribution in [3.8, 4) is 22.4 Å². The van der Waals surface area contributed by atoms with Crippen LogP contribution in [0.25, 0.3) is 22.4 Å². The highest BCUT2D eigenvalue weighted by atomic mass is 32.1. The summed E-state index contributed by atoms with van der Waals surface area (Å²) in [5.74, 6) is 0.0484. The van der Waals surface area contributed by atoms with E-state index in [0.717, 1.165) is 47.4 Å². The van der Waals surface area contributed by atoms with Crippen molar-refractivity contribution in [2.24, 2.45) is 5.92 Å². The van der Waals surface area contributed by atoms with Gasteiger partial charge < -0.3 is 9.52 Å². The normalized spacial score (nSPS) is 15.7. The van der Waals surface area contributed by atoms with Crippen LogP contribution in [0.15, 0.2) is 64.5 Å². The third-order valence-corrected chi connectivity index (χ3v) is 8.31. The number of benzene rings is 1. The van der Waals surface area contributed by atoms with Gasteiger partial charge in [0.15, 0.2) is 5.13 Å². The minimum Gasteiger partial charge on any atom is -0.481 e. The van der Waals surface area contributed by atoms with Gasteiger partial charge in [-0.3, -0.25) is 24.2 Å². The van der Waals surface area contributed by atoms with Crippen LogP contribution < -0.4 is 9.80 Å². The zero-order valence-electron chi connectivity index (χ0n) is 22.7. The van der Waals surface area contributed by atoms with Crippen molar-refractivity contribution in [1.82, 2.24) is 9.97 Å². The van der Waals surface area contributed by atoms with Gasteiger partial charge in [0.2, 0.25) is 11.8 Å². The number of carboxylic acids is 1. The summed E-state index contributed by atoms with van der Waals surface area (Å²) < 4.78 is 5.66. The van der Waals surface area contributed by atoms with Crippen LogP contribution in [0.4, 0.5) is 10.9 Å². The fourth-order valence-electron chi connectivity index (χ4n) is 5.31. The summed E-state index contributed by atoms with van der Waals surface area (Å²) in [6.07, 6.45) is 4.82. The number of furan rings is 1. The number of pyridine rings is 1. The molecule has 210 valence electrons. The minimum atomic E-state index is -1.02. The first kappa shape index (κ1) is 26.9. The van der Waals surface area contributed by atoms with Gasteiger partial charge in [-0.1, -0.05) is 24.3 Å². The van der Waals surface area contributed by atoms with Gasteiger partial charge >= 0.3 is 5.97 Å². The number of nitrogens with zero attached hydrogens (tertiary/aromatic N) is 4. The molecule has 2 fully saturated rings. The number of aromatic nitrogens is 2. The molecule has 0 unspecified atom stereocenters. The lowest BCUT2D eigenvalue weighted by Gasteiger charge is -2.24. The average molecular weight is 571 g/mol. The molecule has 1 aromatic carbocycles. The highest BCUT2D eigenvalue weighted by Crippen LogP contribution is 2.39. The van der Waals surface area contributed by atoms with Crippen LogP contribution in [0.5, 0.6) is 0 Å². The van der Waals surface area contributed by atoms with Crippen LogP contribution in [-0.4, -0.2) is 45.4 Å². The molecular weight excluding hydrogens is 540 g/mol. The van der Waals surface area contributed by atoms with E-state index >= 15 is 0 Å². The van der Waals surface area contributed by atoms with Crippen LogP contribution in [0.1, 0.15) is 43.6 Å². The summed E-state index contributed by atoms with van der Waals surface area (Å²) >= 11 is 1.38. The van der Waals surface area contributed by atoms with Crippen molar-refractivity contribution in [1.29, 1.82) is 0 Å². The Morgan fingerprint density at radius 3 is 2.59 bits per heavy atom. The first-order valence-electron chi connectivity index (χ1n) is 13.8. The second-order valence-corrected chi connectivity index (χ2v) is 11.4. The molecule has 6 rings (SSSR count). The summed E-state index contributed by atoms with van der Waals surface area (Å²) in [5.41, 5.74) is 3.47. The molecule has 41 heavy (non-hydrogen) atoms. The summed E-state index contributed by atoms with van der Waals surface area (Å²) in [6, 6.07) is 15.4. The first-order valence-corrected chi connectivity index (χ1v) is 14.7. The van der Waals surface area contributed by atoms with Crippen LogP contribution in [0.2, 0.25) is 0 Å². The third-order valence-electron chi connectivity index (χ3n) is 7.47. The largest absolute Gasteiger partial charge is 0.481 e.